The SMILES string of the molecule is CN1C(=O)[C@@]23C[C@]4(c5ccc(OCCCn6cc(COCCCOCCCNC(=O)OC(C)(C)C)nn6)cc5)c5ccccc5N(S(=O)(=O)c5ccccc5)[C@@H]4N2C(=O)[C@]1(C)SS3. The third-order valence-electron chi connectivity index (χ3n) is 11.7. The highest BCUT2D eigenvalue weighted by Crippen LogP contribution is 2.71. The first-order valence-electron chi connectivity index (χ1n) is 21.0. The molecule has 0 aliphatic carbocycles. The lowest BCUT2D eigenvalue weighted by Gasteiger charge is -2.58. The van der Waals surface area contributed by atoms with Gasteiger partial charge < -0.3 is 29.2 Å². The molecular formula is C44H53N7O9S3. The number of para-hydroxylation sites is 1. The lowest BCUT2D eigenvalue weighted by atomic mass is 9.72. The number of anilines is 1. The number of carbonyl (C=O) groups excluding carboxylic acids is 3. The molecule has 4 atom stereocenters. The van der Waals surface area contributed by atoms with Crippen molar-refractivity contribution in [3.05, 3.63) is 102 Å². The molecule has 4 aromatic rings. The van der Waals surface area contributed by atoms with E-state index in [1.807, 2.05) is 63.4 Å². The summed E-state index contributed by atoms with van der Waals surface area (Å²) in [5.41, 5.74) is 1.10. The summed E-state index contributed by atoms with van der Waals surface area (Å²) >= 11 is 0. The number of aromatic nitrogens is 3. The Morgan fingerprint density at radius 2 is 1.60 bits per heavy atom. The topological polar surface area (TPSA) is 175 Å². The largest absolute Gasteiger partial charge is 0.494 e. The number of aryl methyl sites for hydroxylation is 1. The molecule has 9 rings (SSSR count). The Morgan fingerprint density at radius 1 is 0.889 bits per heavy atom. The summed E-state index contributed by atoms with van der Waals surface area (Å²) in [5.74, 6) is 0.110. The van der Waals surface area contributed by atoms with E-state index >= 15 is 0 Å². The highest BCUT2D eigenvalue weighted by atomic mass is 33.1. The molecule has 5 aliphatic heterocycles. The predicted octanol–water partition coefficient (Wildman–Crippen LogP) is 5.92. The van der Waals surface area contributed by atoms with Crippen molar-refractivity contribution >= 4 is 55.2 Å². The summed E-state index contributed by atoms with van der Waals surface area (Å²) in [7, 11) is 0.145. The maximum absolute atomic E-state index is 14.8. The number of amides is 3. The fourth-order valence-corrected chi connectivity index (χ4v) is 13.9. The predicted molar refractivity (Wildman–Crippen MR) is 238 cm³/mol. The van der Waals surface area contributed by atoms with Crippen molar-refractivity contribution < 1.29 is 41.7 Å². The van der Waals surface area contributed by atoms with Crippen LogP contribution in [0.4, 0.5) is 10.5 Å². The standard InChI is InChI=1S/C44H53N7O9S3/c1-41(2,3)60-40(54)45-22-11-24-57-25-13-26-58-29-32-28-49(47-46-32)23-12-27-59-33-20-18-31(19-21-33)43-30-44-39(53)48(5)42(4,61-62-44)38(52)50(44)37(43)51(36-17-10-9-16-35(36)43)63(55,56)34-14-7-6-8-15-34/h6-10,14-21,28,37H,11-13,22-27,29-30H2,1-5H3,(H,45,54)/t37-,42-,43-,44-/m0/s1. The number of alkyl carbamates (subject to hydrolysis) is 1. The van der Waals surface area contributed by atoms with Gasteiger partial charge >= 0.3 is 6.09 Å². The van der Waals surface area contributed by atoms with E-state index < -0.39 is 43.0 Å². The molecule has 1 aromatic heterocycles. The zero-order valence-electron chi connectivity index (χ0n) is 36.0. The zero-order valence-corrected chi connectivity index (χ0v) is 38.5. The molecule has 6 heterocycles. The summed E-state index contributed by atoms with van der Waals surface area (Å²) in [6.07, 6.45) is 2.63. The first-order chi connectivity index (χ1) is 30.1. The van der Waals surface area contributed by atoms with Crippen LogP contribution in [-0.2, 0) is 52.4 Å². The number of ether oxygens (including phenoxy) is 4. The number of fused-ring (bicyclic) bond motifs is 5. The molecular weight excluding hydrogens is 867 g/mol. The van der Waals surface area contributed by atoms with Gasteiger partial charge in [-0.1, -0.05) is 75.3 Å². The van der Waals surface area contributed by atoms with Gasteiger partial charge in [0.05, 0.1) is 35.4 Å². The normalized spacial score (nSPS) is 23.8. The fourth-order valence-electron chi connectivity index (χ4n) is 8.68. The van der Waals surface area contributed by atoms with Crippen LogP contribution in [0.25, 0.3) is 0 Å². The van der Waals surface area contributed by atoms with Gasteiger partial charge in [-0.3, -0.25) is 19.2 Å². The summed E-state index contributed by atoms with van der Waals surface area (Å²) < 4.78 is 55.5. The number of piperazine rings is 1. The van der Waals surface area contributed by atoms with Crippen LogP contribution in [0.5, 0.6) is 5.75 Å². The number of nitrogens with zero attached hydrogens (tertiary/aromatic N) is 6. The molecule has 4 saturated heterocycles. The quantitative estimate of drug-likeness (QED) is 0.0922. The van der Waals surface area contributed by atoms with E-state index in [1.165, 1.54) is 30.8 Å². The number of benzene rings is 3. The first-order valence-corrected chi connectivity index (χ1v) is 24.6. The molecule has 16 nitrogen and oxygen atoms in total. The molecule has 336 valence electrons. The van der Waals surface area contributed by atoms with E-state index in [2.05, 4.69) is 15.6 Å². The van der Waals surface area contributed by atoms with Crippen LogP contribution in [-0.4, -0.2) is 113 Å². The van der Waals surface area contributed by atoms with Gasteiger partial charge in [-0.15, -0.1) is 5.10 Å². The van der Waals surface area contributed by atoms with Crippen molar-refractivity contribution in [2.24, 2.45) is 0 Å². The summed E-state index contributed by atoms with van der Waals surface area (Å²) in [5, 5.41) is 11.2. The van der Waals surface area contributed by atoms with E-state index in [4.69, 9.17) is 18.9 Å². The van der Waals surface area contributed by atoms with Crippen LogP contribution in [0.3, 0.4) is 0 Å². The minimum Gasteiger partial charge on any atom is -0.494 e. The Hall–Kier alpha value is -4.82. The van der Waals surface area contributed by atoms with E-state index in [0.29, 0.717) is 70.4 Å². The Morgan fingerprint density at radius 3 is 2.37 bits per heavy atom. The first kappa shape index (κ1) is 44.8. The van der Waals surface area contributed by atoms with Gasteiger partial charge in [-0.2, -0.15) is 0 Å². The highest BCUT2D eigenvalue weighted by Gasteiger charge is 2.79. The molecule has 1 N–H and O–H groups in total. The van der Waals surface area contributed by atoms with Crippen molar-refractivity contribution in [1.29, 1.82) is 0 Å². The average Bonchev–Trinajstić information content (AvgIpc) is 3.93. The Labute approximate surface area is 375 Å². The monoisotopic (exact) mass is 919 g/mol. The molecule has 2 bridgehead atoms. The van der Waals surface area contributed by atoms with Crippen molar-refractivity contribution in [1.82, 2.24) is 30.1 Å². The third kappa shape index (κ3) is 8.26. The van der Waals surface area contributed by atoms with Crippen LogP contribution in [0.2, 0.25) is 0 Å². The zero-order chi connectivity index (χ0) is 44.6. The molecule has 0 saturated carbocycles. The molecule has 4 fully saturated rings. The summed E-state index contributed by atoms with van der Waals surface area (Å²) in [6.45, 7) is 10.6. The maximum Gasteiger partial charge on any atom is 0.407 e. The minimum absolute atomic E-state index is 0.0970. The molecule has 0 radical (unpaired) electrons. The van der Waals surface area contributed by atoms with Crippen LogP contribution in [0, 0.1) is 0 Å². The number of likely N-dealkylation sites (N-methyl/N-ethyl adjacent to an activating group) is 1. The van der Waals surface area contributed by atoms with Gasteiger partial charge in [-0.25, -0.2) is 17.5 Å². The Kier molecular flexibility index (Phi) is 12.5. The molecule has 3 amide bonds. The van der Waals surface area contributed by atoms with E-state index in [9.17, 15) is 22.8 Å². The van der Waals surface area contributed by atoms with Crippen LogP contribution < -0.4 is 14.4 Å². The Balaban J connectivity index is 0.883. The van der Waals surface area contributed by atoms with Gasteiger partial charge in [0.2, 0.25) is 0 Å². The molecule has 3 aromatic carbocycles. The highest BCUT2D eigenvalue weighted by molar-refractivity contribution is 8.78. The van der Waals surface area contributed by atoms with Crippen molar-refractivity contribution in [3.63, 3.8) is 0 Å². The van der Waals surface area contributed by atoms with E-state index in [-0.39, 0.29) is 23.1 Å². The molecule has 63 heavy (non-hydrogen) atoms. The third-order valence-corrected chi connectivity index (χ3v) is 17.2. The van der Waals surface area contributed by atoms with Crippen molar-refractivity contribution in [2.75, 3.05) is 44.3 Å². The lowest BCUT2D eigenvalue weighted by molar-refractivity contribution is -0.163. The molecule has 0 unspecified atom stereocenters. The number of carbonyl (C=O) groups is 3. The second kappa shape index (κ2) is 17.6. The second-order valence-corrected chi connectivity index (χ2v) is 21.7. The van der Waals surface area contributed by atoms with Crippen molar-refractivity contribution in [2.45, 2.75) is 98.3 Å². The molecule has 19 heteroatoms. The van der Waals surface area contributed by atoms with Crippen LogP contribution in [0.1, 0.15) is 70.2 Å². The van der Waals surface area contributed by atoms with Gasteiger partial charge in [0.1, 0.15) is 23.2 Å². The lowest BCUT2D eigenvalue weighted by Crippen LogP contribution is -2.76. The van der Waals surface area contributed by atoms with E-state index in [1.54, 1.807) is 66.0 Å². The average molecular weight is 920 g/mol. The van der Waals surface area contributed by atoms with Gasteiger partial charge in [0.25, 0.3) is 21.8 Å². The fraction of sp³-hybridized carbons (Fsp3) is 0.477. The number of hydrogen-bond acceptors (Lipinski definition) is 13. The maximum atomic E-state index is 14.8. The van der Waals surface area contributed by atoms with E-state index in [0.717, 1.165) is 23.2 Å². The molecule has 5 aliphatic rings. The number of hydrogen-bond donors (Lipinski definition) is 1. The number of sulfonamides is 1. The second-order valence-electron chi connectivity index (χ2n) is 17.1. The number of nitrogens with one attached hydrogen (secondary N) is 1. The Bertz CT molecular complexity index is 2430. The van der Waals surface area contributed by atoms with Crippen LogP contribution in [0.15, 0.2) is 90.0 Å². The smallest absolute Gasteiger partial charge is 0.407 e. The summed E-state index contributed by atoms with van der Waals surface area (Å²) in [6, 6.07) is 23.2. The van der Waals surface area contributed by atoms with Gasteiger partial charge in [0, 0.05) is 52.8 Å². The van der Waals surface area contributed by atoms with Crippen molar-refractivity contribution in [3.8, 4) is 5.75 Å². The minimum atomic E-state index is -4.22. The molecule has 1 spiro atoms. The van der Waals surface area contributed by atoms with Gasteiger partial charge in [-0.05, 0) is 82.0 Å². The summed E-state index contributed by atoms with van der Waals surface area (Å²) in [4.78, 5) is 41.5. The number of rotatable bonds is 18. The van der Waals surface area contributed by atoms with Crippen LogP contribution >= 0.6 is 21.6 Å². The van der Waals surface area contributed by atoms with Gasteiger partial charge in [0.15, 0.2) is 9.74 Å².